The van der Waals surface area contributed by atoms with Crippen LogP contribution in [0.15, 0.2) is 65.9 Å². The van der Waals surface area contributed by atoms with Crippen molar-refractivity contribution in [3.8, 4) is 11.8 Å². The molecular formula is C21H19N3O4. The standard InChI is InChI=1S/C21H19N3O4/c1-2-27-20(25)18-17(13-28-16-6-4-3-5-7-16)23-21(26)24-19(18)15-10-8-14(12-22)9-11-15/h3-11,19H,2,13H2,1H3,(H2,23,24,26). The van der Waals surface area contributed by atoms with Crippen molar-refractivity contribution in [3.05, 3.63) is 77.0 Å². The third-order valence-corrected chi connectivity index (χ3v) is 4.15. The smallest absolute Gasteiger partial charge is 0.338 e. The number of amides is 2. The Bertz CT molecular complexity index is 930. The van der Waals surface area contributed by atoms with Gasteiger partial charge in [0.05, 0.1) is 35.6 Å². The highest BCUT2D eigenvalue weighted by molar-refractivity contribution is 5.95. The van der Waals surface area contributed by atoms with Gasteiger partial charge in [0.25, 0.3) is 0 Å². The monoisotopic (exact) mass is 377 g/mol. The molecule has 0 aliphatic carbocycles. The van der Waals surface area contributed by atoms with Crippen LogP contribution in [0.4, 0.5) is 4.79 Å². The van der Waals surface area contributed by atoms with Crippen molar-refractivity contribution in [3.63, 3.8) is 0 Å². The maximum absolute atomic E-state index is 12.7. The van der Waals surface area contributed by atoms with E-state index >= 15 is 0 Å². The van der Waals surface area contributed by atoms with Crippen LogP contribution in [0.1, 0.15) is 24.1 Å². The Labute approximate surface area is 162 Å². The molecule has 2 amide bonds. The summed E-state index contributed by atoms with van der Waals surface area (Å²) < 4.78 is 10.9. The van der Waals surface area contributed by atoms with E-state index in [1.807, 2.05) is 24.3 Å². The Kier molecular flexibility index (Phi) is 5.92. The zero-order valence-corrected chi connectivity index (χ0v) is 15.3. The molecule has 1 heterocycles. The minimum atomic E-state index is -0.713. The summed E-state index contributed by atoms with van der Waals surface area (Å²) >= 11 is 0. The molecular weight excluding hydrogens is 358 g/mol. The molecule has 0 saturated carbocycles. The summed E-state index contributed by atoms with van der Waals surface area (Å²) in [6.45, 7) is 1.91. The van der Waals surface area contributed by atoms with Gasteiger partial charge in [0.1, 0.15) is 12.4 Å². The van der Waals surface area contributed by atoms with Crippen molar-refractivity contribution < 1.29 is 19.1 Å². The van der Waals surface area contributed by atoms with E-state index < -0.39 is 18.0 Å². The SMILES string of the molecule is CCOC(=O)C1=C(COc2ccccc2)NC(=O)NC1c1ccc(C#N)cc1. The number of hydrogen-bond donors (Lipinski definition) is 2. The first-order valence-corrected chi connectivity index (χ1v) is 8.78. The van der Waals surface area contributed by atoms with Gasteiger partial charge in [-0.3, -0.25) is 0 Å². The normalized spacial score (nSPS) is 15.9. The molecule has 1 atom stereocenters. The van der Waals surface area contributed by atoms with Gasteiger partial charge < -0.3 is 20.1 Å². The summed E-state index contributed by atoms with van der Waals surface area (Å²) in [7, 11) is 0. The fraction of sp³-hybridized carbons (Fsp3) is 0.190. The van der Waals surface area contributed by atoms with Gasteiger partial charge in [-0.2, -0.15) is 5.26 Å². The Balaban J connectivity index is 1.97. The molecule has 7 heteroatoms. The van der Waals surface area contributed by atoms with Crippen molar-refractivity contribution in [1.82, 2.24) is 10.6 Å². The lowest BCUT2D eigenvalue weighted by molar-refractivity contribution is -0.139. The van der Waals surface area contributed by atoms with Crippen LogP contribution >= 0.6 is 0 Å². The Morgan fingerprint density at radius 1 is 1.14 bits per heavy atom. The molecule has 0 spiro atoms. The van der Waals surface area contributed by atoms with Gasteiger partial charge in [-0.05, 0) is 36.8 Å². The largest absolute Gasteiger partial charge is 0.487 e. The molecule has 1 aliphatic rings. The number of para-hydroxylation sites is 1. The van der Waals surface area contributed by atoms with E-state index in [9.17, 15) is 9.59 Å². The Morgan fingerprint density at radius 2 is 1.86 bits per heavy atom. The average molecular weight is 377 g/mol. The second kappa shape index (κ2) is 8.73. The molecule has 0 saturated heterocycles. The van der Waals surface area contributed by atoms with Gasteiger partial charge in [0.15, 0.2) is 0 Å². The summed E-state index contributed by atoms with van der Waals surface area (Å²) in [4.78, 5) is 24.9. The van der Waals surface area contributed by atoms with E-state index in [0.29, 0.717) is 22.6 Å². The molecule has 28 heavy (non-hydrogen) atoms. The zero-order valence-electron chi connectivity index (χ0n) is 15.3. The molecule has 1 unspecified atom stereocenters. The van der Waals surface area contributed by atoms with E-state index in [1.165, 1.54) is 0 Å². The van der Waals surface area contributed by atoms with E-state index in [-0.39, 0.29) is 18.8 Å². The van der Waals surface area contributed by atoms with E-state index in [0.717, 1.165) is 0 Å². The Hall–Kier alpha value is -3.79. The number of ether oxygens (including phenoxy) is 2. The highest BCUT2D eigenvalue weighted by Crippen LogP contribution is 2.28. The molecule has 2 N–H and O–H groups in total. The minimum Gasteiger partial charge on any atom is -0.487 e. The molecule has 0 aromatic heterocycles. The quantitative estimate of drug-likeness (QED) is 0.754. The van der Waals surface area contributed by atoms with Gasteiger partial charge in [-0.1, -0.05) is 30.3 Å². The van der Waals surface area contributed by atoms with Crippen LogP contribution in [0.5, 0.6) is 5.75 Å². The number of rotatable bonds is 6. The maximum atomic E-state index is 12.7. The maximum Gasteiger partial charge on any atom is 0.338 e. The second-order valence-corrected chi connectivity index (χ2v) is 5.98. The first-order valence-electron chi connectivity index (χ1n) is 8.78. The first kappa shape index (κ1) is 19.0. The van der Waals surface area contributed by atoms with E-state index in [1.54, 1.807) is 43.3 Å². The van der Waals surface area contributed by atoms with Crippen LogP contribution in [0.2, 0.25) is 0 Å². The number of carbonyl (C=O) groups excluding carboxylic acids is 2. The van der Waals surface area contributed by atoms with Crippen LogP contribution < -0.4 is 15.4 Å². The third kappa shape index (κ3) is 4.30. The summed E-state index contributed by atoms with van der Waals surface area (Å²) in [5.41, 5.74) is 1.75. The van der Waals surface area contributed by atoms with Gasteiger partial charge in [0.2, 0.25) is 0 Å². The Morgan fingerprint density at radius 3 is 2.50 bits per heavy atom. The van der Waals surface area contributed by atoms with Crippen LogP contribution in [0.25, 0.3) is 0 Å². The number of nitriles is 1. The second-order valence-electron chi connectivity index (χ2n) is 5.98. The van der Waals surface area contributed by atoms with Gasteiger partial charge in [-0.15, -0.1) is 0 Å². The van der Waals surface area contributed by atoms with E-state index in [2.05, 4.69) is 10.6 Å². The molecule has 2 aromatic rings. The predicted octanol–water partition coefficient (Wildman–Crippen LogP) is 2.81. The summed E-state index contributed by atoms with van der Waals surface area (Å²) in [6, 6.07) is 16.6. The number of nitrogens with zero attached hydrogens (tertiary/aromatic N) is 1. The fourth-order valence-electron chi connectivity index (χ4n) is 2.85. The molecule has 7 nitrogen and oxygen atoms in total. The summed E-state index contributed by atoms with van der Waals surface area (Å²) in [5.74, 6) is 0.0666. The molecule has 0 fully saturated rings. The van der Waals surface area contributed by atoms with Crippen LogP contribution in [-0.2, 0) is 9.53 Å². The van der Waals surface area contributed by atoms with Gasteiger partial charge in [-0.25, -0.2) is 9.59 Å². The highest BCUT2D eigenvalue weighted by atomic mass is 16.5. The van der Waals surface area contributed by atoms with E-state index in [4.69, 9.17) is 14.7 Å². The number of benzene rings is 2. The lowest BCUT2D eigenvalue weighted by Gasteiger charge is -2.29. The van der Waals surface area contributed by atoms with Crippen molar-refractivity contribution in [2.24, 2.45) is 0 Å². The molecule has 0 radical (unpaired) electrons. The third-order valence-electron chi connectivity index (χ3n) is 4.15. The number of nitrogens with one attached hydrogen (secondary N) is 2. The molecule has 0 bridgehead atoms. The van der Waals surface area contributed by atoms with Crippen molar-refractivity contribution in [1.29, 1.82) is 5.26 Å². The van der Waals surface area contributed by atoms with Gasteiger partial charge >= 0.3 is 12.0 Å². The van der Waals surface area contributed by atoms with Crippen LogP contribution in [0.3, 0.4) is 0 Å². The lowest BCUT2D eigenvalue weighted by atomic mass is 9.94. The number of esters is 1. The predicted molar refractivity (Wildman–Crippen MR) is 101 cm³/mol. The fourth-order valence-corrected chi connectivity index (χ4v) is 2.85. The van der Waals surface area contributed by atoms with Crippen molar-refractivity contribution in [2.45, 2.75) is 13.0 Å². The molecule has 142 valence electrons. The zero-order chi connectivity index (χ0) is 19.9. The number of urea groups is 1. The number of hydrogen-bond acceptors (Lipinski definition) is 5. The highest BCUT2D eigenvalue weighted by Gasteiger charge is 2.34. The summed E-state index contributed by atoms with van der Waals surface area (Å²) in [5, 5.41) is 14.4. The van der Waals surface area contributed by atoms with Crippen LogP contribution in [0, 0.1) is 11.3 Å². The summed E-state index contributed by atoms with van der Waals surface area (Å²) in [6.07, 6.45) is 0. The van der Waals surface area contributed by atoms with Gasteiger partial charge in [0, 0.05) is 0 Å². The minimum absolute atomic E-state index is 0.00163. The molecule has 3 rings (SSSR count). The topological polar surface area (TPSA) is 100 Å². The van der Waals surface area contributed by atoms with Crippen LogP contribution in [-0.4, -0.2) is 25.2 Å². The number of carbonyl (C=O) groups is 2. The van der Waals surface area contributed by atoms with Crippen molar-refractivity contribution in [2.75, 3.05) is 13.2 Å². The first-order chi connectivity index (χ1) is 13.6. The lowest BCUT2D eigenvalue weighted by Crippen LogP contribution is -2.47. The molecule has 1 aliphatic heterocycles. The average Bonchev–Trinajstić information content (AvgIpc) is 2.72. The van der Waals surface area contributed by atoms with Crippen molar-refractivity contribution >= 4 is 12.0 Å². The molecule has 2 aromatic carbocycles.